The first-order valence-electron chi connectivity index (χ1n) is 10.6. The van der Waals surface area contributed by atoms with Gasteiger partial charge in [0.2, 0.25) is 0 Å². The van der Waals surface area contributed by atoms with Crippen LogP contribution in [0.3, 0.4) is 0 Å². The van der Waals surface area contributed by atoms with E-state index in [2.05, 4.69) is 5.32 Å². The van der Waals surface area contributed by atoms with Crippen molar-refractivity contribution < 1.29 is 32.3 Å². The zero-order valence-corrected chi connectivity index (χ0v) is 17.6. The summed E-state index contributed by atoms with van der Waals surface area (Å²) in [5.41, 5.74) is 0.252. The minimum Gasteiger partial charge on any atom is -0.324 e. The number of amides is 2. The number of fused-ring (bicyclic) bond motifs is 1. The molecule has 2 aromatic rings. The molecule has 33 heavy (non-hydrogen) atoms. The molecule has 1 fully saturated rings. The van der Waals surface area contributed by atoms with Crippen LogP contribution in [-0.4, -0.2) is 34.3 Å². The lowest BCUT2D eigenvalue weighted by atomic mass is 9.94. The standard InChI is InChI=1S/C24H21F3N2O4/c25-24(26,27)16-4-1-3-14(11-16)22(32)28-17-7-9-19-15(12-17)13-29(23(19)33)20-10-8-18(30)5-2-6-21(20)31/h1,3-4,7,9,11-12,20H,2,5-6,8,10,13H2,(H,28,32). The van der Waals surface area contributed by atoms with E-state index >= 15 is 0 Å². The molecule has 9 heteroatoms. The Morgan fingerprint density at radius 1 is 1.00 bits per heavy atom. The van der Waals surface area contributed by atoms with Gasteiger partial charge in [-0.15, -0.1) is 0 Å². The summed E-state index contributed by atoms with van der Waals surface area (Å²) in [5, 5.41) is 2.56. The summed E-state index contributed by atoms with van der Waals surface area (Å²) in [6.45, 7) is 0.159. The lowest BCUT2D eigenvalue weighted by Crippen LogP contribution is -2.42. The topological polar surface area (TPSA) is 83.6 Å². The number of alkyl halides is 3. The van der Waals surface area contributed by atoms with E-state index in [4.69, 9.17) is 0 Å². The summed E-state index contributed by atoms with van der Waals surface area (Å²) >= 11 is 0. The van der Waals surface area contributed by atoms with Crippen LogP contribution in [0.4, 0.5) is 18.9 Å². The number of carbonyl (C=O) groups excluding carboxylic acids is 4. The molecule has 0 bridgehead atoms. The molecule has 0 spiro atoms. The molecule has 6 nitrogen and oxygen atoms in total. The van der Waals surface area contributed by atoms with Gasteiger partial charge in [0, 0.05) is 42.6 Å². The number of hydrogen-bond donors (Lipinski definition) is 1. The Morgan fingerprint density at radius 3 is 2.55 bits per heavy atom. The first-order chi connectivity index (χ1) is 15.6. The second kappa shape index (κ2) is 8.80. The van der Waals surface area contributed by atoms with Crippen LogP contribution < -0.4 is 5.32 Å². The van der Waals surface area contributed by atoms with Gasteiger partial charge >= 0.3 is 6.18 Å². The normalized spacial score (nSPS) is 19.2. The van der Waals surface area contributed by atoms with Crippen molar-refractivity contribution in [2.45, 2.75) is 50.9 Å². The van der Waals surface area contributed by atoms with Crippen molar-refractivity contribution in [2.24, 2.45) is 0 Å². The molecule has 0 aromatic heterocycles. The molecule has 2 aromatic carbocycles. The van der Waals surface area contributed by atoms with Crippen molar-refractivity contribution in [1.82, 2.24) is 4.90 Å². The van der Waals surface area contributed by atoms with Crippen LogP contribution in [0.25, 0.3) is 0 Å². The molecule has 1 aliphatic carbocycles. The molecule has 0 saturated heterocycles. The first-order valence-corrected chi connectivity index (χ1v) is 10.6. The Balaban J connectivity index is 1.50. The molecule has 172 valence electrons. The summed E-state index contributed by atoms with van der Waals surface area (Å²) < 4.78 is 38.8. The Bertz CT molecular complexity index is 1140. The number of carbonyl (C=O) groups is 4. The van der Waals surface area contributed by atoms with Crippen LogP contribution in [0, 0.1) is 0 Å². The largest absolute Gasteiger partial charge is 0.416 e. The maximum atomic E-state index is 12.9. The van der Waals surface area contributed by atoms with Gasteiger partial charge in [-0.05, 0) is 54.8 Å². The number of rotatable bonds is 3. The predicted octanol–water partition coefficient (Wildman–Crippen LogP) is 4.38. The molecule has 1 N–H and O–H groups in total. The van der Waals surface area contributed by atoms with E-state index in [-0.39, 0.29) is 48.8 Å². The summed E-state index contributed by atoms with van der Waals surface area (Å²) in [7, 11) is 0. The second-order valence-corrected chi connectivity index (χ2v) is 8.25. The number of hydrogen-bond acceptors (Lipinski definition) is 4. The van der Waals surface area contributed by atoms with E-state index in [0.717, 1.165) is 18.2 Å². The highest BCUT2D eigenvalue weighted by molar-refractivity contribution is 6.06. The van der Waals surface area contributed by atoms with Crippen LogP contribution in [-0.2, 0) is 22.3 Å². The van der Waals surface area contributed by atoms with Crippen LogP contribution in [0.15, 0.2) is 42.5 Å². The van der Waals surface area contributed by atoms with Gasteiger partial charge in [0.1, 0.15) is 5.78 Å². The number of nitrogens with one attached hydrogen (secondary N) is 1. The molecule has 1 aliphatic heterocycles. The van der Waals surface area contributed by atoms with Crippen LogP contribution >= 0.6 is 0 Å². The molecular formula is C24H21F3N2O4. The van der Waals surface area contributed by atoms with Crippen LogP contribution in [0.5, 0.6) is 0 Å². The average molecular weight is 458 g/mol. The molecule has 0 radical (unpaired) electrons. The molecule has 1 unspecified atom stereocenters. The van der Waals surface area contributed by atoms with E-state index in [9.17, 15) is 32.3 Å². The van der Waals surface area contributed by atoms with Gasteiger partial charge in [-0.25, -0.2) is 0 Å². The van der Waals surface area contributed by atoms with Crippen molar-refractivity contribution in [1.29, 1.82) is 0 Å². The smallest absolute Gasteiger partial charge is 0.324 e. The van der Waals surface area contributed by atoms with Crippen molar-refractivity contribution in [3.63, 3.8) is 0 Å². The maximum absolute atomic E-state index is 12.9. The van der Waals surface area contributed by atoms with E-state index in [1.54, 1.807) is 6.07 Å². The molecule has 4 rings (SSSR count). The van der Waals surface area contributed by atoms with Gasteiger partial charge in [0.15, 0.2) is 5.78 Å². The van der Waals surface area contributed by atoms with E-state index in [0.29, 0.717) is 29.7 Å². The SMILES string of the molecule is O=C1CCCC(=O)C(N2Cc3cc(NC(=O)c4cccc(C(F)(F)F)c4)ccc3C2=O)CC1. The van der Waals surface area contributed by atoms with Gasteiger partial charge < -0.3 is 10.2 Å². The van der Waals surface area contributed by atoms with E-state index in [1.807, 2.05) is 0 Å². The summed E-state index contributed by atoms with van der Waals surface area (Å²) in [6.07, 6.45) is -2.93. The fourth-order valence-corrected chi connectivity index (χ4v) is 4.25. The Kier molecular flexibility index (Phi) is 6.05. The van der Waals surface area contributed by atoms with Crippen LogP contribution in [0.1, 0.15) is 63.9 Å². The van der Waals surface area contributed by atoms with Gasteiger partial charge in [0.25, 0.3) is 11.8 Å². The lowest BCUT2D eigenvalue weighted by Gasteiger charge is -2.27. The number of benzene rings is 2. The minimum atomic E-state index is -4.56. The van der Waals surface area contributed by atoms with E-state index in [1.165, 1.54) is 23.1 Å². The number of Topliss-reactive ketones (excluding diaryl/α,β-unsaturated/α-hetero) is 2. The number of halogens is 3. The third-order valence-electron chi connectivity index (χ3n) is 5.97. The summed E-state index contributed by atoms with van der Waals surface area (Å²) in [6, 6.07) is 8.03. The molecular weight excluding hydrogens is 437 g/mol. The number of nitrogens with zero attached hydrogens (tertiary/aromatic N) is 1. The molecule has 2 amide bonds. The fourth-order valence-electron chi connectivity index (χ4n) is 4.25. The van der Waals surface area contributed by atoms with E-state index < -0.39 is 23.7 Å². The van der Waals surface area contributed by atoms with Gasteiger partial charge in [-0.2, -0.15) is 13.2 Å². The zero-order valence-electron chi connectivity index (χ0n) is 17.6. The minimum absolute atomic E-state index is 0.0678. The first kappa shape index (κ1) is 22.7. The zero-order chi connectivity index (χ0) is 23.8. The Morgan fingerprint density at radius 2 is 1.79 bits per heavy atom. The monoisotopic (exact) mass is 458 g/mol. The third-order valence-corrected chi connectivity index (χ3v) is 5.97. The molecule has 1 saturated carbocycles. The Hall–Kier alpha value is -3.49. The highest BCUT2D eigenvalue weighted by Crippen LogP contribution is 2.31. The molecule has 1 heterocycles. The second-order valence-electron chi connectivity index (χ2n) is 8.25. The van der Waals surface area contributed by atoms with Crippen molar-refractivity contribution in [3.05, 3.63) is 64.7 Å². The predicted molar refractivity (Wildman–Crippen MR) is 113 cm³/mol. The maximum Gasteiger partial charge on any atom is 0.416 e. The van der Waals surface area contributed by atoms with Gasteiger partial charge in [-0.1, -0.05) is 6.07 Å². The highest BCUT2D eigenvalue weighted by atomic mass is 19.4. The van der Waals surface area contributed by atoms with Gasteiger partial charge in [-0.3, -0.25) is 19.2 Å². The quantitative estimate of drug-likeness (QED) is 0.740. The lowest BCUT2D eigenvalue weighted by molar-refractivity contribution is -0.137. The fraction of sp³-hybridized carbons (Fsp3) is 0.333. The van der Waals surface area contributed by atoms with Gasteiger partial charge in [0.05, 0.1) is 11.6 Å². The molecule has 2 aliphatic rings. The van der Waals surface area contributed by atoms with Crippen molar-refractivity contribution in [2.75, 3.05) is 5.32 Å². The summed E-state index contributed by atoms with van der Waals surface area (Å²) in [5.74, 6) is -1.01. The number of ketones is 2. The van der Waals surface area contributed by atoms with Crippen molar-refractivity contribution >= 4 is 29.1 Å². The summed E-state index contributed by atoms with van der Waals surface area (Å²) in [4.78, 5) is 51.3. The third kappa shape index (κ3) is 4.81. The highest BCUT2D eigenvalue weighted by Gasteiger charge is 2.37. The van der Waals surface area contributed by atoms with Crippen LogP contribution in [0.2, 0.25) is 0 Å². The average Bonchev–Trinajstić information content (AvgIpc) is 3.08. The Labute approximate surface area is 187 Å². The van der Waals surface area contributed by atoms with Crippen molar-refractivity contribution in [3.8, 4) is 0 Å². The molecule has 1 atom stereocenters. The number of anilines is 1.